The van der Waals surface area contributed by atoms with Crippen molar-refractivity contribution >= 4 is 28.1 Å². The van der Waals surface area contributed by atoms with Gasteiger partial charge >= 0.3 is 5.97 Å². The molecule has 3 rings (SSSR count). The molecule has 0 aliphatic rings. The third kappa shape index (κ3) is 8.44. The van der Waals surface area contributed by atoms with Crippen molar-refractivity contribution in [1.82, 2.24) is 19.1 Å². The standard InChI is InChI=1S/C32H54N4O4Si2/c1-12-38-30(37)27-25-26-15-13-14-17-36(26)29(27)28-16-18-35(33-28)20-19-34(21-23-39-41(8,9)31(2,3)4)22-24-40-42(10,11)32(5,6)7/h13-18,25H,12,19-24H2,1-11H3. The first-order valence-corrected chi connectivity index (χ1v) is 21.1. The summed E-state index contributed by atoms with van der Waals surface area (Å²) >= 11 is 0. The largest absolute Gasteiger partial charge is 0.462 e. The molecule has 0 amide bonds. The predicted octanol–water partition coefficient (Wildman–Crippen LogP) is 7.33. The van der Waals surface area contributed by atoms with Gasteiger partial charge in [-0.2, -0.15) is 5.10 Å². The highest BCUT2D eigenvalue weighted by Gasteiger charge is 2.38. The van der Waals surface area contributed by atoms with Crippen molar-refractivity contribution in [3.05, 3.63) is 48.3 Å². The van der Waals surface area contributed by atoms with Crippen LogP contribution in [-0.4, -0.2) is 81.1 Å². The van der Waals surface area contributed by atoms with E-state index in [1.165, 1.54) is 0 Å². The fourth-order valence-corrected chi connectivity index (χ4v) is 6.30. The summed E-state index contributed by atoms with van der Waals surface area (Å²) in [5.74, 6) is -0.333. The third-order valence-electron chi connectivity index (χ3n) is 9.06. The number of aromatic nitrogens is 3. The van der Waals surface area contributed by atoms with Gasteiger partial charge in [0.1, 0.15) is 5.69 Å². The van der Waals surface area contributed by atoms with Gasteiger partial charge in [0.05, 0.1) is 24.4 Å². The molecule has 3 heterocycles. The topological polar surface area (TPSA) is 70.2 Å². The molecule has 0 saturated heterocycles. The Bertz CT molecular complexity index is 1290. The molecule has 0 fully saturated rings. The van der Waals surface area contributed by atoms with E-state index in [2.05, 4.69) is 72.6 Å². The number of rotatable bonds is 14. The maximum Gasteiger partial charge on any atom is 0.340 e. The Morgan fingerprint density at radius 2 is 1.48 bits per heavy atom. The van der Waals surface area contributed by atoms with E-state index in [9.17, 15) is 4.79 Å². The van der Waals surface area contributed by atoms with Crippen LogP contribution in [0.4, 0.5) is 0 Å². The van der Waals surface area contributed by atoms with Crippen molar-refractivity contribution in [1.29, 1.82) is 0 Å². The fourth-order valence-electron chi connectivity index (χ4n) is 4.23. The summed E-state index contributed by atoms with van der Waals surface area (Å²) in [4.78, 5) is 15.2. The smallest absolute Gasteiger partial charge is 0.340 e. The van der Waals surface area contributed by atoms with Crippen molar-refractivity contribution in [3.63, 3.8) is 0 Å². The van der Waals surface area contributed by atoms with E-state index < -0.39 is 16.6 Å². The van der Waals surface area contributed by atoms with Gasteiger partial charge in [0.2, 0.25) is 0 Å². The van der Waals surface area contributed by atoms with Crippen molar-refractivity contribution in [3.8, 4) is 11.4 Å². The number of hydrogen-bond acceptors (Lipinski definition) is 6. The minimum atomic E-state index is -1.82. The van der Waals surface area contributed by atoms with E-state index in [1.807, 2.05) is 58.7 Å². The van der Waals surface area contributed by atoms with Gasteiger partial charge in [0.25, 0.3) is 0 Å². The molecule has 0 N–H and O–H groups in total. The van der Waals surface area contributed by atoms with E-state index in [1.54, 1.807) is 0 Å². The second-order valence-corrected chi connectivity index (χ2v) is 23.8. The zero-order valence-corrected chi connectivity index (χ0v) is 29.9. The Hall–Kier alpha value is -2.25. The molecular weight excluding hydrogens is 561 g/mol. The molecule has 42 heavy (non-hydrogen) atoms. The van der Waals surface area contributed by atoms with Gasteiger partial charge in [-0.3, -0.25) is 9.58 Å². The van der Waals surface area contributed by atoms with Crippen LogP contribution in [0.15, 0.2) is 42.7 Å². The highest BCUT2D eigenvalue weighted by molar-refractivity contribution is 6.74. The van der Waals surface area contributed by atoms with Gasteiger partial charge in [0.15, 0.2) is 16.6 Å². The van der Waals surface area contributed by atoms with E-state index in [-0.39, 0.29) is 16.0 Å². The average molecular weight is 615 g/mol. The number of carbonyl (C=O) groups is 1. The lowest BCUT2D eigenvalue weighted by atomic mass is 10.2. The van der Waals surface area contributed by atoms with Gasteiger partial charge in [-0.15, -0.1) is 0 Å². The summed E-state index contributed by atoms with van der Waals surface area (Å²) in [6, 6.07) is 9.75. The third-order valence-corrected chi connectivity index (χ3v) is 18.1. The summed E-state index contributed by atoms with van der Waals surface area (Å²) < 4.78 is 22.4. The maximum absolute atomic E-state index is 12.8. The first-order chi connectivity index (χ1) is 19.5. The zero-order valence-electron chi connectivity index (χ0n) is 27.9. The molecule has 10 heteroatoms. The summed E-state index contributed by atoms with van der Waals surface area (Å²) in [5, 5.41) is 5.26. The first kappa shape index (κ1) is 34.2. The monoisotopic (exact) mass is 614 g/mol. The number of esters is 1. The van der Waals surface area contributed by atoms with E-state index in [0.29, 0.717) is 25.4 Å². The van der Waals surface area contributed by atoms with Crippen LogP contribution < -0.4 is 0 Å². The molecule has 8 nitrogen and oxygen atoms in total. The van der Waals surface area contributed by atoms with Gasteiger partial charge in [0, 0.05) is 50.8 Å². The van der Waals surface area contributed by atoms with Gasteiger partial charge in [-0.05, 0) is 67.5 Å². The molecule has 0 aliphatic carbocycles. The van der Waals surface area contributed by atoms with Crippen LogP contribution in [0.1, 0.15) is 58.8 Å². The van der Waals surface area contributed by atoms with Gasteiger partial charge in [-0.1, -0.05) is 47.6 Å². The Morgan fingerprint density at radius 3 is 2.02 bits per heavy atom. The summed E-state index contributed by atoms with van der Waals surface area (Å²) in [6.45, 7) is 29.7. The van der Waals surface area contributed by atoms with Crippen molar-refractivity contribution < 1.29 is 18.4 Å². The molecule has 0 unspecified atom stereocenters. The lowest BCUT2D eigenvalue weighted by Crippen LogP contribution is -2.45. The molecule has 0 saturated carbocycles. The van der Waals surface area contributed by atoms with Crippen molar-refractivity contribution in [2.24, 2.45) is 0 Å². The van der Waals surface area contributed by atoms with Crippen LogP contribution in [0, 0.1) is 0 Å². The normalized spacial score (nSPS) is 13.3. The Morgan fingerprint density at radius 1 is 0.881 bits per heavy atom. The highest BCUT2D eigenvalue weighted by atomic mass is 28.4. The average Bonchev–Trinajstić information content (AvgIpc) is 3.50. The van der Waals surface area contributed by atoms with Crippen LogP contribution in [0.5, 0.6) is 0 Å². The minimum Gasteiger partial charge on any atom is -0.462 e. The van der Waals surface area contributed by atoms with Crippen molar-refractivity contribution in [2.45, 2.75) is 91.3 Å². The van der Waals surface area contributed by atoms with E-state index in [4.69, 9.17) is 18.7 Å². The zero-order chi connectivity index (χ0) is 31.3. The van der Waals surface area contributed by atoms with Crippen LogP contribution >= 0.6 is 0 Å². The molecule has 0 aromatic carbocycles. The number of fused-ring (bicyclic) bond motifs is 1. The molecule has 0 aliphatic heterocycles. The predicted molar refractivity (Wildman–Crippen MR) is 177 cm³/mol. The number of carbonyl (C=O) groups excluding carboxylic acids is 1. The van der Waals surface area contributed by atoms with E-state index >= 15 is 0 Å². The Labute approximate surface area is 255 Å². The summed E-state index contributed by atoms with van der Waals surface area (Å²) in [6.07, 6.45) is 3.95. The maximum atomic E-state index is 12.8. The van der Waals surface area contributed by atoms with Crippen LogP contribution in [0.25, 0.3) is 16.9 Å². The highest BCUT2D eigenvalue weighted by Crippen LogP contribution is 2.37. The molecule has 0 atom stereocenters. The number of nitrogens with zero attached hydrogens (tertiary/aromatic N) is 4. The molecular formula is C32H54N4O4Si2. The SMILES string of the molecule is CCOC(=O)c1cc2ccccn2c1-c1ccn(CCN(CCO[Si](C)(C)C(C)(C)C)CCO[Si](C)(C)C(C)(C)C)n1. The fraction of sp³-hybridized carbons (Fsp3) is 0.625. The summed E-state index contributed by atoms with van der Waals surface area (Å²) in [5.41, 5.74) is 2.96. The Balaban J connectivity index is 1.74. The van der Waals surface area contributed by atoms with Crippen molar-refractivity contribution in [2.75, 3.05) is 39.5 Å². The summed E-state index contributed by atoms with van der Waals surface area (Å²) in [7, 11) is -3.65. The van der Waals surface area contributed by atoms with Gasteiger partial charge in [-0.25, -0.2) is 4.79 Å². The van der Waals surface area contributed by atoms with Crippen LogP contribution in [0.3, 0.4) is 0 Å². The number of hydrogen-bond donors (Lipinski definition) is 0. The molecule has 3 aromatic rings. The quantitative estimate of drug-likeness (QED) is 0.140. The van der Waals surface area contributed by atoms with Crippen LogP contribution in [0.2, 0.25) is 36.3 Å². The lowest BCUT2D eigenvalue weighted by molar-refractivity contribution is 0.0527. The molecule has 234 valence electrons. The molecule has 0 bridgehead atoms. The van der Waals surface area contributed by atoms with Crippen LogP contribution in [-0.2, 0) is 20.1 Å². The lowest BCUT2D eigenvalue weighted by Gasteiger charge is -2.38. The van der Waals surface area contributed by atoms with Gasteiger partial charge < -0.3 is 18.0 Å². The number of pyridine rings is 1. The first-order valence-electron chi connectivity index (χ1n) is 15.3. The second kappa shape index (κ2) is 13.6. The number of ether oxygens (including phenoxy) is 1. The molecule has 0 radical (unpaired) electrons. The molecule has 0 spiro atoms. The second-order valence-electron chi connectivity index (χ2n) is 14.1. The molecule has 3 aromatic heterocycles. The minimum absolute atomic E-state index is 0.181. The Kier molecular flexibility index (Phi) is 11.1. The van der Waals surface area contributed by atoms with E-state index in [0.717, 1.165) is 43.1 Å².